The van der Waals surface area contributed by atoms with Crippen molar-refractivity contribution in [3.05, 3.63) is 0 Å². The summed E-state index contributed by atoms with van der Waals surface area (Å²) in [4.78, 5) is 13.8. The highest BCUT2D eigenvalue weighted by molar-refractivity contribution is 5.77. The van der Waals surface area contributed by atoms with Crippen LogP contribution in [-0.2, 0) is 4.79 Å². The fourth-order valence-corrected chi connectivity index (χ4v) is 2.88. The molecule has 2 heterocycles. The Bertz CT molecular complexity index is 202. The number of carbonyl (C=O) groups excluding carboxylic acids is 1. The van der Waals surface area contributed by atoms with Gasteiger partial charge in [0.25, 0.3) is 0 Å². The molecule has 2 unspecified atom stereocenters. The van der Waals surface area contributed by atoms with E-state index in [0.29, 0.717) is 11.9 Å². The summed E-state index contributed by atoms with van der Waals surface area (Å²) in [6, 6.07) is 0.597. The molecule has 0 radical (unpaired) electrons. The number of nitrogens with zero attached hydrogens (tertiary/aromatic N) is 1. The Morgan fingerprint density at radius 1 is 1.38 bits per heavy atom. The lowest BCUT2D eigenvalue weighted by atomic mass is 9.82. The zero-order chi connectivity index (χ0) is 9.26. The van der Waals surface area contributed by atoms with Crippen LogP contribution in [0.15, 0.2) is 0 Å². The van der Waals surface area contributed by atoms with E-state index in [4.69, 9.17) is 0 Å². The fourth-order valence-electron chi connectivity index (χ4n) is 2.88. The SMILES string of the molecule is CCC1CCC(=O)N2CCCCC12. The van der Waals surface area contributed by atoms with E-state index in [2.05, 4.69) is 11.8 Å². The van der Waals surface area contributed by atoms with Gasteiger partial charge in [-0.05, 0) is 31.6 Å². The lowest BCUT2D eigenvalue weighted by Gasteiger charge is -2.44. The van der Waals surface area contributed by atoms with E-state index < -0.39 is 0 Å². The highest BCUT2D eigenvalue weighted by Gasteiger charge is 2.35. The topological polar surface area (TPSA) is 20.3 Å². The van der Waals surface area contributed by atoms with Crippen LogP contribution >= 0.6 is 0 Å². The lowest BCUT2D eigenvalue weighted by molar-refractivity contribution is -0.140. The van der Waals surface area contributed by atoms with Gasteiger partial charge in [-0.1, -0.05) is 13.3 Å². The zero-order valence-corrected chi connectivity index (χ0v) is 8.46. The van der Waals surface area contributed by atoms with E-state index in [0.717, 1.165) is 25.3 Å². The van der Waals surface area contributed by atoms with Crippen molar-refractivity contribution in [3.8, 4) is 0 Å². The normalized spacial score (nSPS) is 34.5. The molecule has 0 aliphatic carbocycles. The van der Waals surface area contributed by atoms with Crippen LogP contribution < -0.4 is 0 Å². The largest absolute Gasteiger partial charge is 0.339 e. The van der Waals surface area contributed by atoms with Crippen LogP contribution in [-0.4, -0.2) is 23.4 Å². The van der Waals surface area contributed by atoms with Crippen LogP contribution in [0.5, 0.6) is 0 Å². The van der Waals surface area contributed by atoms with Crippen molar-refractivity contribution >= 4 is 5.91 Å². The minimum Gasteiger partial charge on any atom is -0.339 e. The summed E-state index contributed by atoms with van der Waals surface area (Å²) >= 11 is 0. The average molecular weight is 181 g/mol. The molecule has 74 valence electrons. The maximum Gasteiger partial charge on any atom is 0.222 e. The van der Waals surface area contributed by atoms with Gasteiger partial charge in [0.05, 0.1) is 0 Å². The van der Waals surface area contributed by atoms with Crippen molar-refractivity contribution in [2.24, 2.45) is 5.92 Å². The third-order valence-electron chi connectivity index (χ3n) is 3.67. The predicted octanol–water partition coefficient (Wildman–Crippen LogP) is 2.19. The quantitative estimate of drug-likeness (QED) is 0.607. The lowest BCUT2D eigenvalue weighted by Crippen LogP contribution is -2.50. The number of carbonyl (C=O) groups is 1. The standard InChI is InChI=1S/C11H19NO/c1-2-9-6-7-11(13)12-8-4-3-5-10(9)12/h9-10H,2-8H2,1H3. The van der Waals surface area contributed by atoms with Gasteiger partial charge in [0.15, 0.2) is 0 Å². The van der Waals surface area contributed by atoms with Crippen LogP contribution in [0.3, 0.4) is 0 Å². The zero-order valence-electron chi connectivity index (χ0n) is 8.46. The van der Waals surface area contributed by atoms with Crippen molar-refractivity contribution in [1.82, 2.24) is 4.90 Å². The number of amides is 1. The smallest absolute Gasteiger partial charge is 0.222 e. The molecule has 0 N–H and O–H groups in total. The summed E-state index contributed by atoms with van der Waals surface area (Å²) in [5.74, 6) is 1.20. The van der Waals surface area contributed by atoms with Gasteiger partial charge >= 0.3 is 0 Å². The Labute approximate surface area is 80.3 Å². The van der Waals surface area contributed by atoms with Crippen molar-refractivity contribution in [3.63, 3.8) is 0 Å². The van der Waals surface area contributed by atoms with E-state index in [1.54, 1.807) is 0 Å². The molecule has 2 aliphatic heterocycles. The number of hydrogen-bond donors (Lipinski definition) is 0. The second kappa shape index (κ2) is 3.69. The van der Waals surface area contributed by atoms with Crippen LogP contribution in [0.1, 0.15) is 45.4 Å². The molecular weight excluding hydrogens is 162 g/mol. The van der Waals surface area contributed by atoms with Gasteiger partial charge in [-0.3, -0.25) is 4.79 Å². The van der Waals surface area contributed by atoms with Crippen LogP contribution in [0.4, 0.5) is 0 Å². The van der Waals surface area contributed by atoms with Gasteiger partial charge in [-0.15, -0.1) is 0 Å². The summed E-state index contributed by atoms with van der Waals surface area (Å²) < 4.78 is 0. The Morgan fingerprint density at radius 2 is 2.23 bits per heavy atom. The molecule has 2 saturated heterocycles. The molecule has 13 heavy (non-hydrogen) atoms. The van der Waals surface area contributed by atoms with Crippen molar-refractivity contribution in [2.75, 3.05) is 6.54 Å². The van der Waals surface area contributed by atoms with Crippen LogP contribution in [0.2, 0.25) is 0 Å². The molecular formula is C11H19NO. The first kappa shape index (κ1) is 9.04. The minimum atomic E-state index is 0.411. The van der Waals surface area contributed by atoms with Crippen molar-refractivity contribution in [2.45, 2.75) is 51.5 Å². The monoisotopic (exact) mass is 181 g/mol. The molecule has 0 saturated carbocycles. The number of rotatable bonds is 1. The Kier molecular flexibility index (Phi) is 2.56. The number of piperidine rings is 2. The molecule has 0 bridgehead atoms. The van der Waals surface area contributed by atoms with Gasteiger partial charge < -0.3 is 4.90 Å². The summed E-state index contributed by atoms with van der Waals surface area (Å²) in [7, 11) is 0. The van der Waals surface area contributed by atoms with Gasteiger partial charge in [0.1, 0.15) is 0 Å². The summed E-state index contributed by atoms with van der Waals surface area (Å²) in [6.45, 7) is 3.28. The number of hydrogen-bond acceptors (Lipinski definition) is 1. The summed E-state index contributed by atoms with van der Waals surface area (Å²) in [5, 5.41) is 0. The molecule has 2 nitrogen and oxygen atoms in total. The Hall–Kier alpha value is -0.530. The highest BCUT2D eigenvalue weighted by atomic mass is 16.2. The van der Waals surface area contributed by atoms with Gasteiger partial charge in [0, 0.05) is 19.0 Å². The fraction of sp³-hybridized carbons (Fsp3) is 0.909. The second-order valence-electron chi connectivity index (χ2n) is 4.36. The summed E-state index contributed by atoms with van der Waals surface area (Å²) in [5.41, 5.74) is 0. The molecule has 0 aromatic heterocycles. The Balaban J connectivity index is 2.09. The maximum atomic E-state index is 11.6. The minimum absolute atomic E-state index is 0.411. The van der Waals surface area contributed by atoms with Crippen molar-refractivity contribution in [1.29, 1.82) is 0 Å². The van der Waals surface area contributed by atoms with Gasteiger partial charge in [-0.2, -0.15) is 0 Å². The first-order valence-electron chi connectivity index (χ1n) is 5.62. The van der Waals surface area contributed by atoms with E-state index >= 15 is 0 Å². The predicted molar refractivity (Wildman–Crippen MR) is 52.4 cm³/mol. The molecule has 0 aromatic rings. The first-order chi connectivity index (χ1) is 6.33. The number of fused-ring (bicyclic) bond motifs is 1. The average Bonchev–Trinajstić information content (AvgIpc) is 2.19. The van der Waals surface area contributed by atoms with E-state index in [1.165, 1.54) is 25.7 Å². The third kappa shape index (κ3) is 1.59. The first-order valence-corrected chi connectivity index (χ1v) is 5.62. The van der Waals surface area contributed by atoms with E-state index in [1.807, 2.05) is 0 Å². The molecule has 2 atom stereocenters. The third-order valence-corrected chi connectivity index (χ3v) is 3.67. The highest BCUT2D eigenvalue weighted by Crippen LogP contribution is 2.32. The van der Waals surface area contributed by atoms with Crippen molar-refractivity contribution < 1.29 is 4.79 Å². The molecule has 2 fully saturated rings. The second-order valence-corrected chi connectivity index (χ2v) is 4.36. The molecule has 2 rings (SSSR count). The molecule has 0 aromatic carbocycles. The molecule has 2 heteroatoms. The summed E-state index contributed by atoms with van der Waals surface area (Å²) in [6.07, 6.45) is 6.98. The molecule has 2 aliphatic rings. The molecule has 1 amide bonds. The van der Waals surface area contributed by atoms with E-state index in [9.17, 15) is 4.79 Å². The molecule has 0 spiro atoms. The maximum absolute atomic E-state index is 11.6. The van der Waals surface area contributed by atoms with Gasteiger partial charge in [-0.25, -0.2) is 0 Å². The van der Waals surface area contributed by atoms with Crippen LogP contribution in [0.25, 0.3) is 0 Å². The Morgan fingerprint density at radius 3 is 3.00 bits per heavy atom. The van der Waals surface area contributed by atoms with E-state index in [-0.39, 0.29) is 0 Å². The van der Waals surface area contributed by atoms with Gasteiger partial charge in [0.2, 0.25) is 5.91 Å². The van der Waals surface area contributed by atoms with Crippen LogP contribution in [0, 0.1) is 5.92 Å².